The first-order valence-electron chi connectivity index (χ1n) is 8.81. The second kappa shape index (κ2) is 6.49. The van der Waals surface area contributed by atoms with Gasteiger partial charge in [0.05, 0.1) is 17.8 Å². The van der Waals surface area contributed by atoms with Crippen LogP contribution in [-0.2, 0) is 4.74 Å². The van der Waals surface area contributed by atoms with Crippen molar-refractivity contribution in [2.75, 3.05) is 31.6 Å². The number of nitrogens with one attached hydrogen (secondary N) is 2. The maximum absolute atomic E-state index is 5.78. The van der Waals surface area contributed by atoms with E-state index in [2.05, 4.69) is 45.5 Å². The minimum Gasteiger partial charge on any atom is -0.382 e. The summed E-state index contributed by atoms with van der Waals surface area (Å²) in [6, 6.07) is 6.97. The standard InChI is InChI=1S/C18H26N4O/c1-13-11-22(12-16-3-2-8-23-16)7-6-17(13)20-15-4-5-18-14(9-15)10-19-21-18/h4-5,9-10,13,16-17,20H,2-3,6-8,11-12H2,1H3,(H,19,21)/t13-,16+,17-/m1/s1. The third-order valence-corrected chi connectivity index (χ3v) is 5.27. The molecule has 0 aliphatic carbocycles. The van der Waals surface area contributed by atoms with E-state index in [4.69, 9.17) is 4.74 Å². The van der Waals surface area contributed by atoms with Crippen molar-refractivity contribution >= 4 is 16.6 Å². The van der Waals surface area contributed by atoms with Gasteiger partial charge in [-0.15, -0.1) is 0 Å². The third-order valence-electron chi connectivity index (χ3n) is 5.27. The molecule has 2 N–H and O–H groups in total. The number of aromatic amines is 1. The summed E-state index contributed by atoms with van der Waals surface area (Å²) >= 11 is 0. The molecule has 2 saturated heterocycles. The molecule has 2 aromatic rings. The summed E-state index contributed by atoms with van der Waals surface area (Å²) in [5, 5.41) is 12.0. The zero-order valence-electron chi connectivity index (χ0n) is 13.8. The maximum atomic E-state index is 5.78. The molecule has 2 fully saturated rings. The number of fused-ring (bicyclic) bond motifs is 1. The number of piperidine rings is 1. The lowest BCUT2D eigenvalue weighted by molar-refractivity contribution is 0.0563. The Kier molecular flexibility index (Phi) is 4.23. The second-order valence-corrected chi connectivity index (χ2v) is 7.08. The van der Waals surface area contributed by atoms with Crippen LogP contribution in [0.25, 0.3) is 10.9 Å². The lowest BCUT2D eigenvalue weighted by Crippen LogP contribution is -2.47. The molecule has 0 bridgehead atoms. The van der Waals surface area contributed by atoms with Crippen molar-refractivity contribution in [2.45, 2.75) is 38.3 Å². The minimum atomic E-state index is 0.468. The van der Waals surface area contributed by atoms with Gasteiger partial charge in [0.1, 0.15) is 0 Å². The monoisotopic (exact) mass is 314 g/mol. The number of hydrogen-bond donors (Lipinski definition) is 2. The van der Waals surface area contributed by atoms with E-state index >= 15 is 0 Å². The van der Waals surface area contributed by atoms with Crippen molar-refractivity contribution in [3.63, 3.8) is 0 Å². The summed E-state index contributed by atoms with van der Waals surface area (Å²) in [5.41, 5.74) is 2.29. The van der Waals surface area contributed by atoms with Crippen LogP contribution in [0.4, 0.5) is 5.69 Å². The Balaban J connectivity index is 1.34. The van der Waals surface area contributed by atoms with E-state index in [9.17, 15) is 0 Å². The van der Waals surface area contributed by atoms with Crippen LogP contribution >= 0.6 is 0 Å². The van der Waals surface area contributed by atoms with E-state index in [-0.39, 0.29) is 0 Å². The molecule has 2 aliphatic rings. The lowest BCUT2D eigenvalue weighted by Gasteiger charge is -2.38. The molecule has 0 amide bonds. The predicted octanol–water partition coefficient (Wildman–Crippen LogP) is 2.86. The van der Waals surface area contributed by atoms with Gasteiger partial charge in [0, 0.05) is 43.4 Å². The fraction of sp³-hybridized carbons (Fsp3) is 0.611. The average Bonchev–Trinajstić information content (AvgIpc) is 3.21. The van der Waals surface area contributed by atoms with E-state index < -0.39 is 0 Å². The Labute approximate surface area is 137 Å². The number of likely N-dealkylation sites (tertiary alicyclic amines) is 1. The molecule has 23 heavy (non-hydrogen) atoms. The number of anilines is 1. The Morgan fingerprint density at radius 1 is 1.39 bits per heavy atom. The fourth-order valence-corrected chi connectivity index (χ4v) is 3.94. The van der Waals surface area contributed by atoms with Gasteiger partial charge < -0.3 is 15.0 Å². The number of rotatable bonds is 4. The van der Waals surface area contributed by atoms with Crippen LogP contribution in [0.15, 0.2) is 24.4 Å². The van der Waals surface area contributed by atoms with E-state index in [1.54, 1.807) is 0 Å². The highest BCUT2D eigenvalue weighted by Gasteiger charge is 2.28. The number of aromatic nitrogens is 2. The molecule has 1 aromatic heterocycles. The van der Waals surface area contributed by atoms with E-state index in [0.717, 1.165) is 31.8 Å². The van der Waals surface area contributed by atoms with Gasteiger partial charge in [-0.2, -0.15) is 5.10 Å². The van der Waals surface area contributed by atoms with Crippen molar-refractivity contribution in [3.05, 3.63) is 24.4 Å². The van der Waals surface area contributed by atoms with Crippen LogP contribution in [0.1, 0.15) is 26.2 Å². The van der Waals surface area contributed by atoms with Crippen molar-refractivity contribution in [2.24, 2.45) is 5.92 Å². The molecule has 0 spiro atoms. The van der Waals surface area contributed by atoms with Crippen molar-refractivity contribution in [1.82, 2.24) is 15.1 Å². The van der Waals surface area contributed by atoms with Gasteiger partial charge in [0.25, 0.3) is 0 Å². The summed E-state index contributed by atoms with van der Waals surface area (Å²) in [6.45, 7) is 6.74. The van der Waals surface area contributed by atoms with Gasteiger partial charge in [-0.05, 0) is 43.4 Å². The first kappa shape index (κ1) is 15.0. The van der Waals surface area contributed by atoms with Crippen LogP contribution in [-0.4, -0.2) is 53.5 Å². The molecule has 0 radical (unpaired) electrons. The van der Waals surface area contributed by atoms with Crippen LogP contribution in [0.3, 0.4) is 0 Å². The van der Waals surface area contributed by atoms with E-state index in [1.165, 1.54) is 30.3 Å². The number of ether oxygens (including phenoxy) is 1. The van der Waals surface area contributed by atoms with Gasteiger partial charge in [0.2, 0.25) is 0 Å². The zero-order valence-corrected chi connectivity index (χ0v) is 13.8. The molecule has 0 unspecified atom stereocenters. The average molecular weight is 314 g/mol. The molecule has 4 rings (SSSR count). The highest BCUT2D eigenvalue weighted by atomic mass is 16.5. The Bertz CT molecular complexity index is 649. The molecule has 0 saturated carbocycles. The van der Waals surface area contributed by atoms with Crippen LogP contribution < -0.4 is 5.32 Å². The van der Waals surface area contributed by atoms with Crippen LogP contribution in [0.2, 0.25) is 0 Å². The molecule has 124 valence electrons. The Morgan fingerprint density at radius 3 is 3.17 bits per heavy atom. The molecule has 1 aromatic carbocycles. The maximum Gasteiger partial charge on any atom is 0.0702 e. The third kappa shape index (κ3) is 3.35. The summed E-state index contributed by atoms with van der Waals surface area (Å²) in [7, 11) is 0. The minimum absolute atomic E-state index is 0.468. The van der Waals surface area contributed by atoms with Gasteiger partial charge in [-0.3, -0.25) is 5.10 Å². The molecule has 5 heteroatoms. The highest BCUT2D eigenvalue weighted by molar-refractivity contribution is 5.81. The second-order valence-electron chi connectivity index (χ2n) is 7.08. The number of hydrogen-bond acceptors (Lipinski definition) is 4. The van der Waals surface area contributed by atoms with Crippen molar-refractivity contribution in [1.29, 1.82) is 0 Å². The smallest absolute Gasteiger partial charge is 0.0702 e. The summed E-state index contributed by atoms with van der Waals surface area (Å²) in [5.74, 6) is 0.644. The summed E-state index contributed by atoms with van der Waals surface area (Å²) in [6.07, 6.45) is 6.01. The quantitative estimate of drug-likeness (QED) is 0.911. The fourth-order valence-electron chi connectivity index (χ4n) is 3.94. The van der Waals surface area contributed by atoms with Crippen molar-refractivity contribution in [3.8, 4) is 0 Å². The van der Waals surface area contributed by atoms with Gasteiger partial charge in [0.15, 0.2) is 0 Å². The van der Waals surface area contributed by atoms with E-state index in [0.29, 0.717) is 18.1 Å². The molecule has 3 heterocycles. The van der Waals surface area contributed by atoms with E-state index in [1.807, 2.05) is 6.20 Å². The lowest BCUT2D eigenvalue weighted by atomic mass is 9.93. The van der Waals surface area contributed by atoms with Crippen molar-refractivity contribution < 1.29 is 4.74 Å². The van der Waals surface area contributed by atoms with Crippen LogP contribution in [0.5, 0.6) is 0 Å². The molecular weight excluding hydrogens is 288 g/mol. The summed E-state index contributed by atoms with van der Waals surface area (Å²) < 4.78 is 5.78. The largest absolute Gasteiger partial charge is 0.382 e. The van der Waals surface area contributed by atoms with Gasteiger partial charge >= 0.3 is 0 Å². The number of benzene rings is 1. The topological polar surface area (TPSA) is 53.2 Å². The van der Waals surface area contributed by atoms with Crippen LogP contribution in [0, 0.1) is 5.92 Å². The number of nitrogens with zero attached hydrogens (tertiary/aromatic N) is 2. The highest BCUT2D eigenvalue weighted by Crippen LogP contribution is 2.24. The summed E-state index contributed by atoms with van der Waals surface area (Å²) in [4.78, 5) is 2.58. The molecule has 5 nitrogen and oxygen atoms in total. The zero-order chi connectivity index (χ0) is 15.6. The molecular formula is C18H26N4O. The molecule has 2 aliphatic heterocycles. The first-order valence-corrected chi connectivity index (χ1v) is 8.81. The first-order chi connectivity index (χ1) is 11.3. The Morgan fingerprint density at radius 2 is 2.35 bits per heavy atom. The molecule has 3 atom stereocenters. The number of H-pyrrole nitrogens is 1. The van der Waals surface area contributed by atoms with Gasteiger partial charge in [-0.1, -0.05) is 6.92 Å². The Hall–Kier alpha value is -1.59. The SMILES string of the molecule is C[C@@H]1CN(C[C@@H]2CCCO2)CC[C@H]1Nc1ccc2[nH]ncc2c1. The van der Waals surface area contributed by atoms with Gasteiger partial charge in [-0.25, -0.2) is 0 Å². The normalized spacial score (nSPS) is 29.2. The predicted molar refractivity (Wildman–Crippen MR) is 92.7 cm³/mol.